The Balaban J connectivity index is 0.000000226. The molecule has 2 atom stereocenters. The van der Waals surface area contributed by atoms with E-state index in [-0.39, 0.29) is 30.8 Å². The molecule has 218 valence electrons. The second-order valence-electron chi connectivity index (χ2n) is 9.18. The largest absolute Gasteiger partial charge is 0.492 e. The molecule has 0 aromatic heterocycles. The molecule has 2 unspecified atom stereocenters. The van der Waals surface area contributed by atoms with Crippen LogP contribution in [-0.4, -0.2) is 13.2 Å². The van der Waals surface area contributed by atoms with Crippen LogP contribution in [0.3, 0.4) is 0 Å². The van der Waals surface area contributed by atoms with E-state index in [1.165, 1.54) is 18.2 Å². The first kappa shape index (κ1) is 31.5. The fourth-order valence-electron chi connectivity index (χ4n) is 3.78. The third-order valence-electron chi connectivity index (χ3n) is 5.87. The normalized spacial score (nSPS) is 13.0. The molecule has 0 bridgehead atoms. The van der Waals surface area contributed by atoms with Gasteiger partial charge >= 0.3 is 12.4 Å². The first-order valence-electron chi connectivity index (χ1n) is 12.6. The van der Waals surface area contributed by atoms with Crippen molar-refractivity contribution >= 4 is 0 Å². The molecule has 0 saturated carbocycles. The zero-order valence-electron chi connectivity index (χ0n) is 22.1. The van der Waals surface area contributed by atoms with Crippen LogP contribution in [0.1, 0.15) is 39.9 Å². The summed E-state index contributed by atoms with van der Waals surface area (Å²) in [6.45, 7) is 1.70. The van der Waals surface area contributed by atoms with Crippen molar-refractivity contribution in [3.63, 3.8) is 0 Å². The van der Waals surface area contributed by atoms with Gasteiger partial charge in [-0.3, -0.25) is 0 Å². The Labute approximate surface area is 234 Å². The number of ether oxygens (including phenoxy) is 2. The monoisotopic (exact) mass is 576 g/mol. The molecule has 0 aliphatic heterocycles. The van der Waals surface area contributed by atoms with E-state index >= 15 is 0 Å². The third kappa shape index (κ3) is 9.84. The summed E-state index contributed by atoms with van der Waals surface area (Å²) in [4.78, 5) is 0. The molecule has 0 fully saturated rings. The van der Waals surface area contributed by atoms with Crippen molar-refractivity contribution in [2.45, 2.75) is 31.4 Å². The summed E-state index contributed by atoms with van der Waals surface area (Å²) < 4.78 is 87.2. The Morgan fingerprint density at radius 2 is 1.10 bits per heavy atom. The van der Waals surface area contributed by atoms with Gasteiger partial charge in [0.15, 0.2) is 0 Å². The molecule has 0 aliphatic carbocycles. The van der Waals surface area contributed by atoms with Gasteiger partial charge in [-0.2, -0.15) is 26.3 Å². The van der Waals surface area contributed by atoms with Crippen molar-refractivity contribution in [3.8, 4) is 11.5 Å². The van der Waals surface area contributed by atoms with E-state index in [1.54, 1.807) is 13.0 Å². The number of aryl methyl sites for hydroxylation is 1. The molecule has 0 spiro atoms. The van der Waals surface area contributed by atoms with Gasteiger partial charge in [0, 0.05) is 0 Å². The van der Waals surface area contributed by atoms with Gasteiger partial charge in [0.25, 0.3) is 0 Å². The number of alkyl halides is 6. The average Bonchev–Trinajstić information content (AvgIpc) is 2.95. The number of rotatable bonds is 8. The highest BCUT2D eigenvalue weighted by Crippen LogP contribution is 2.36. The fraction of sp³-hybridized carbons (Fsp3) is 0.226. The molecular weight excluding hydrogens is 546 g/mol. The van der Waals surface area contributed by atoms with Crippen LogP contribution in [0, 0.1) is 6.92 Å². The number of hydrogen-bond acceptors (Lipinski definition) is 4. The minimum atomic E-state index is -4.44. The van der Waals surface area contributed by atoms with E-state index in [0.29, 0.717) is 5.56 Å². The summed E-state index contributed by atoms with van der Waals surface area (Å²) in [5.74, 6) is -0.0277. The topological polar surface area (TPSA) is 70.5 Å². The van der Waals surface area contributed by atoms with Crippen LogP contribution < -0.4 is 20.9 Å². The minimum Gasteiger partial charge on any atom is -0.492 e. The lowest BCUT2D eigenvalue weighted by Crippen LogP contribution is -2.20. The lowest BCUT2D eigenvalue weighted by atomic mass is 10.1. The van der Waals surface area contributed by atoms with Crippen LogP contribution in [-0.2, 0) is 12.4 Å². The number of hydrogen-bond donors (Lipinski definition) is 2. The van der Waals surface area contributed by atoms with Gasteiger partial charge in [-0.05, 0) is 53.9 Å². The Bertz CT molecular complexity index is 1360. The predicted molar refractivity (Wildman–Crippen MR) is 145 cm³/mol. The maximum atomic E-state index is 12.8. The highest BCUT2D eigenvalue weighted by molar-refractivity contribution is 5.36. The van der Waals surface area contributed by atoms with E-state index in [2.05, 4.69) is 0 Å². The first-order valence-corrected chi connectivity index (χ1v) is 12.6. The van der Waals surface area contributed by atoms with Gasteiger partial charge in [-0.25, -0.2) is 0 Å². The SMILES string of the molecule is Cc1cc(OCC(N)c2ccccc2)cc(C(F)(F)F)c1.NC(COc1ccccc1C(F)(F)F)c1ccccc1. The highest BCUT2D eigenvalue weighted by atomic mass is 19.4. The number of para-hydroxylation sites is 1. The number of benzene rings is 4. The molecule has 0 heterocycles. The van der Waals surface area contributed by atoms with E-state index in [1.807, 2.05) is 60.7 Å². The number of halogens is 6. The second kappa shape index (κ2) is 14.0. The maximum absolute atomic E-state index is 12.8. The van der Waals surface area contributed by atoms with Gasteiger partial charge in [0.05, 0.1) is 23.2 Å². The third-order valence-corrected chi connectivity index (χ3v) is 5.87. The Morgan fingerprint density at radius 3 is 1.61 bits per heavy atom. The summed E-state index contributed by atoms with van der Waals surface area (Å²) in [5.41, 5.74) is 12.5. The quantitative estimate of drug-likeness (QED) is 0.210. The van der Waals surface area contributed by atoms with E-state index < -0.39 is 29.5 Å². The van der Waals surface area contributed by atoms with Crippen LogP contribution in [0.4, 0.5) is 26.3 Å². The number of nitrogens with two attached hydrogens (primary N) is 2. The highest BCUT2D eigenvalue weighted by Gasteiger charge is 2.34. The molecule has 41 heavy (non-hydrogen) atoms. The average molecular weight is 577 g/mol. The molecule has 0 radical (unpaired) electrons. The fourth-order valence-corrected chi connectivity index (χ4v) is 3.78. The van der Waals surface area contributed by atoms with Crippen molar-refractivity contribution in [3.05, 3.63) is 131 Å². The van der Waals surface area contributed by atoms with Crippen molar-refractivity contribution < 1.29 is 35.8 Å². The predicted octanol–water partition coefficient (Wildman–Crippen LogP) is 7.88. The lowest BCUT2D eigenvalue weighted by Gasteiger charge is -2.17. The molecule has 0 aliphatic rings. The van der Waals surface area contributed by atoms with E-state index in [9.17, 15) is 26.3 Å². The van der Waals surface area contributed by atoms with Crippen molar-refractivity contribution in [2.75, 3.05) is 13.2 Å². The summed E-state index contributed by atoms with van der Waals surface area (Å²) in [6, 6.07) is 26.3. The zero-order valence-corrected chi connectivity index (χ0v) is 22.1. The maximum Gasteiger partial charge on any atom is 0.419 e. The summed E-state index contributed by atoms with van der Waals surface area (Å²) in [6.07, 6.45) is -8.82. The Hall–Kier alpha value is -4.02. The van der Waals surface area contributed by atoms with Crippen LogP contribution in [0.15, 0.2) is 103 Å². The zero-order chi connectivity index (χ0) is 30.0. The summed E-state index contributed by atoms with van der Waals surface area (Å²) in [5, 5.41) is 0. The molecular formula is C31H30F6N2O2. The molecule has 4 aromatic carbocycles. The Kier molecular flexibility index (Phi) is 10.8. The molecule has 4 rings (SSSR count). The van der Waals surface area contributed by atoms with Gasteiger partial charge < -0.3 is 20.9 Å². The lowest BCUT2D eigenvalue weighted by molar-refractivity contribution is -0.139. The van der Waals surface area contributed by atoms with E-state index in [0.717, 1.165) is 29.3 Å². The van der Waals surface area contributed by atoms with Gasteiger partial charge in [-0.1, -0.05) is 72.8 Å². The van der Waals surface area contributed by atoms with Crippen molar-refractivity contribution in [1.29, 1.82) is 0 Å². The van der Waals surface area contributed by atoms with Crippen LogP contribution >= 0.6 is 0 Å². The van der Waals surface area contributed by atoms with Gasteiger partial charge in [0.1, 0.15) is 24.7 Å². The standard InChI is InChI=1S/C16H16F3NO.C15H14F3NO/c1-11-7-13(16(17,18)19)9-14(8-11)21-10-15(20)12-5-3-2-4-6-12;16-15(17,18)12-8-4-5-9-14(12)20-10-13(19)11-6-2-1-3-7-11/h2-9,15H,10,20H2,1H3;1-9,13H,10,19H2. The van der Waals surface area contributed by atoms with Crippen LogP contribution in [0.25, 0.3) is 0 Å². The van der Waals surface area contributed by atoms with Crippen molar-refractivity contribution in [2.24, 2.45) is 11.5 Å². The second-order valence-corrected chi connectivity index (χ2v) is 9.18. The molecule has 4 nitrogen and oxygen atoms in total. The van der Waals surface area contributed by atoms with Crippen LogP contribution in [0.5, 0.6) is 11.5 Å². The van der Waals surface area contributed by atoms with Crippen LogP contribution in [0.2, 0.25) is 0 Å². The molecule has 4 N–H and O–H groups in total. The molecule has 4 aromatic rings. The first-order chi connectivity index (χ1) is 19.3. The van der Waals surface area contributed by atoms with E-state index in [4.69, 9.17) is 20.9 Å². The summed E-state index contributed by atoms with van der Waals surface area (Å²) >= 11 is 0. The molecule has 0 amide bonds. The molecule has 0 saturated heterocycles. The molecule has 10 heteroatoms. The van der Waals surface area contributed by atoms with Crippen molar-refractivity contribution in [1.82, 2.24) is 0 Å². The Morgan fingerprint density at radius 1 is 0.610 bits per heavy atom. The van der Waals surface area contributed by atoms with Gasteiger partial charge in [-0.15, -0.1) is 0 Å². The smallest absolute Gasteiger partial charge is 0.419 e. The summed E-state index contributed by atoms with van der Waals surface area (Å²) in [7, 11) is 0. The van der Waals surface area contributed by atoms with Gasteiger partial charge in [0.2, 0.25) is 0 Å². The minimum absolute atomic E-state index is 0.0168.